The average molecular weight is 407 g/mol. The van der Waals surface area contributed by atoms with Crippen molar-refractivity contribution >= 4 is 31.9 Å². The van der Waals surface area contributed by atoms with E-state index >= 15 is 0 Å². The quantitative estimate of drug-likeness (QED) is 0.813. The fraction of sp³-hybridized carbons (Fsp3) is 0.571. The highest BCUT2D eigenvalue weighted by Gasteiger charge is 2.15. The SMILES string of the molecule is CCOc1c(Br)cc(Br)cc1CNN1CCN(C)CC1. The Kier molecular flexibility index (Phi) is 6.29. The molecule has 0 saturated carbocycles. The van der Waals surface area contributed by atoms with Crippen molar-refractivity contribution < 1.29 is 4.74 Å². The third-order valence-electron chi connectivity index (χ3n) is 3.37. The first kappa shape index (κ1) is 16.2. The Morgan fingerprint density at radius 2 is 1.90 bits per heavy atom. The van der Waals surface area contributed by atoms with E-state index in [2.05, 4.69) is 60.3 Å². The minimum Gasteiger partial charge on any atom is -0.492 e. The van der Waals surface area contributed by atoms with Crippen molar-refractivity contribution in [2.45, 2.75) is 13.5 Å². The van der Waals surface area contributed by atoms with Crippen molar-refractivity contribution in [2.75, 3.05) is 39.8 Å². The molecule has 1 N–H and O–H groups in total. The van der Waals surface area contributed by atoms with Gasteiger partial charge >= 0.3 is 0 Å². The molecule has 1 fully saturated rings. The van der Waals surface area contributed by atoms with Crippen LogP contribution in [0.5, 0.6) is 5.75 Å². The van der Waals surface area contributed by atoms with E-state index in [-0.39, 0.29) is 0 Å². The van der Waals surface area contributed by atoms with Crippen molar-refractivity contribution in [3.8, 4) is 5.75 Å². The van der Waals surface area contributed by atoms with E-state index in [1.54, 1.807) is 0 Å². The van der Waals surface area contributed by atoms with Gasteiger partial charge in [-0.3, -0.25) is 5.43 Å². The molecular formula is C14H21Br2N3O. The van der Waals surface area contributed by atoms with Crippen LogP contribution in [0.3, 0.4) is 0 Å². The van der Waals surface area contributed by atoms with Crippen molar-refractivity contribution in [2.24, 2.45) is 0 Å². The third-order valence-corrected chi connectivity index (χ3v) is 4.42. The molecule has 0 spiro atoms. The number of rotatable bonds is 5. The molecule has 1 aromatic carbocycles. The number of hydrogen-bond donors (Lipinski definition) is 1. The van der Waals surface area contributed by atoms with E-state index < -0.39 is 0 Å². The van der Waals surface area contributed by atoms with Gasteiger partial charge < -0.3 is 9.64 Å². The zero-order chi connectivity index (χ0) is 14.5. The Hall–Kier alpha value is -0.140. The molecule has 0 atom stereocenters. The van der Waals surface area contributed by atoms with Gasteiger partial charge in [0.25, 0.3) is 0 Å². The largest absolute Gasteiger partial charge is 0.492 e. The second kappa shape index (κ2) is 7.75. The zero-order valence-corrected chi connectivity index (χ0v) is 15.1. The average Bonchev–Trinajstić information content (AvgIpc) is 2.41. The maximum absolute atomic E-state index is 5.75. The standard InChI is InChI=1S/C14H21Br2N3O/c1-3-20-14-11(8-12(15)9-13(14)16)10-17-19-6-4-18(2)5-7-19/h8-9,17H,3-7,10H2,1-2H3. The number of nitrogens with zero attached hydrogens (tertiary/aromatic N) is 2. The summed E-state index contributed by atoms with van der Waals surface area (Å²) in [6.07, 6.45) is 0. The highest BCUT2D eigenvalue weighted by atomic mass is 79.9. The summed E-state index contributed by atoms with van der Waals surface area (Å²) in [5.41, 5.74) is 4.66. The lowest BCUT2D eigenvalue weighted by Crippen LogP contribution is -2.50. The van der Waals surface area contributed by atoms with Gasteiger partial charge in [0.1, 0.15) is 5.75 Å². The van der Waals surface area contributed by atoms with Crippen molar-refractivity contribution in [1.29, 1.82) is 0 Å². The monoisotopic (exact) mass is 405 g/mol. The van der Waals surface area contributed by atoms with Gasteiger partial charge in [-0.25, -0.2) is 5.01 Å². The molecule has 1 aliphatic heterocycles. The molecule has 0 bridgehead atoms. The van der Waals surface area contributed by atoms with Gasteiger partial charge in [0, 0.05) is 42.8 Å². The number of hydrogen-bond acceptors (Lipinski definition) is 4. The highest BCUT2D eigenvalue weighted by molar-refractivity contribution is 9.11. The van der Waals surface area contributed by atoms with Gasteiger partial charge in [0.2, 0.25) is 0 Å². The second-order valence-electron chi connectivity index (χ2n) is 4.93. The van der Waals surface area contributed by atoms with Crippen LogP contribution in [0.15, 0.2) is 21.1 Å². The Morgan fingerprint density at radius 1 is 1.20 bits per heavy atom. The fourth-order valence-electron chi connectivity index (χ4n) is 2.21. The second-order valence-corrected chi connectivity index (χ2v) is 6.70. The van der Waals surface area contributed by atoms with E-state index in [9.17, 15) is 0 Å². The summed E-state index contributed by atoms with van der Waals surface area (Å²) in [7, 11) is 2.16. The molecule has 1 heterocycles. The predicted octanol–water partition coefficient (Wildman–Crippen LogP) is 2.86. The highest BCUT2D eigenvalue weighted by Crippen LogP contribution is 2.33. The van der Waals surface area contributed by atoms with Gasteiger partial charge in [-0.1, -0.05) is 15.9 Å². The lowest BCUT2D eigenvalue weighted by molar-refractivity contribution is 0.102. The van der Waals surface area contributed by atoms with Crippen LogP contribution in [-0.2, 0) is 6.54 Å². The first-order chi connectivity index (χ1) is 9.60. The topological polar surface area (TPSA) is 27.7 Å². The molecule has 4 nitrogen and oxygen atoms in total. The van der Waals surface area contributed by atoms with Crippen molar-refractivity contribution in [3.05, 3.63) is 26.6 Å². The summed E-state index contributed by atoms with van der Waals surface area (Å²) in [6, 6.07) is 4.13. The van der Waals surface area contributed by atoms with E-state index in [1.807, 2.05) is 13.0 Å². The predicted molar refractivity (Wildman–Crippen MR) is 88.9 cm³/mol. The van der Waals surface area contributed by atoms with E-state index in [0.717, 1.165) is 53.0 Å². The van der Waals surface area contributed by atoms with Gasteiger partial charge in [-0.2, -0.15) is 0 Å². The van der Waals surface area contributed by atoms with Crippen LogP contribution in [0.1, 0.15) is 12.5 Å². The molecular weight excluding hydrogens is 386 g/mol. The molecule has 112 valence electrons. The van der Waals surface area contributed by atoms with Gasteiger partial charge in [-0.05, 0) is 42.0 Å². The molecule has 0 radical (unpaired) electrons. The van der Waals surface area contributed by atoms with Crippen molar-refractivity contribution in [1.82, 2.24) is 15.3 Å². The Morgan fingerprint density at radius 3 is 2.55 bits per heavy atom. The normalized spacial score (nSPS) is 17.4. The summed E-state index contributed by atoms with van der Waals surface area (Å²) < 4.78 is 7.79. The van der Waals surface area contributed by atoms with Crippen LogP contribution in [0.4, 0.5) is 0 Å². The molecule has 20 heavy (non-hydrogen) atoms. The molecule has 2 rings (SSSR count). The third kappa shape index (κ3) is 4.43. The number of halogens is 2. The van der Waals surface area contributed by atoms with Gasteiger partial charge in [-0.15, -0.1) is 0 Å². The number of piperazine rings is 1. The van der Waals surface area contributed by atoms with Gasteiger partial charge in [0.05, 0.1) is 11.1 Å². The van der Waals surface area contributed by atoms with Crippen LogP contribution in [0, 0.1) is 0 Å². The number of ether oxygens (including phenoxy) is 1. The lowest BCUT2D eigenvalue weighted by Gasteiger charge is -2.32. The van der Waals surface area contributed by atoms with Crippen LogP contribution >= 0.6 is 31.9 Å². The van der Waals surface area contributed by atoms with Crippen molar-refractivity contribution in [3.63, 3.8) is 0 Å². The zero-order valence-electron chi connectivity index (χ0n) is 12.0. The van der Waals surface area contributed by atoms with E-state index in [4.69, 9.17) is 4.74 Å². The summed E-state index contributed by atoms with van der Waals surface area (Å²) in [4.78, 5) is 2.35. The molecule has 1 saturated heterocycles. The summed E-state index contributed by atoms with van der Waals surface area (Å²) >= 11 is 7.11. The smallest absolute Gasteiger partial charge is 0.138 e. The van der Waals surface area contributed by atoms with Crippen LogP contribution in [-0.4, -0.2) is 49.7 Å². The summed E-state index contributed by atoms with van der Waals surface area (Å²) in [5.74, 6) is 0.928. The summed E-state index contributed by atoms with van der Waals surface area (Å²) in [6.45, 7) is 7.76. The maximum Gasteiger partial charge on any atom is 0.138 e. The van der Waals surface area contributed by atoms with E-state index in [1.165, 1.54) is 0 Å². The first-order valence-electron chi connectivity index (χ1n) is 6.88. The molecule has 0 amide bonds. The first-order valence-corrected chi connectivity index (χ1v) is 8.46. The van der Waals surface area contributed by atoms with Crippen LogP contribution < -0.4 is 10.2 Å². The van der Waals surface area contributed by atoms with E-state index in [0.29, 0.717) is 6.61 Å². The summed E-state index contributed by atoms with van der Waals surface area (Å²) in [5, 5.41) is 2.28. The number of likely N-dealkylation sites (N-methyl/N-ethyl adjacent to an activating group) is 1. The number of hydrazine groups is 1. The molecule has 0 aliphatic carbocycles. The number of nitrogens with one attached hydrogen (secondary N) is 1. The Balaban J connectivity index is 2.01. The van der Waals surface area contributed by atoms with Crippen LogP contribution in [0.2, 0.25) is 0 Å². The Labute approximate surface area is 137 Å². The lowest BCUT2D eigenvalue weighted by atomic mass is 10.2. The maximum atomic E-state index is 5.75. The van der Waals surface area contributed by atoms with Gasteiger partial charge in [0.15, 0.2) is 0 Å². The fourth-order valence-corrected chi connectivity index (χ4v) is 3.64. The minimum atomic E-state index is 0.668. The molecule has 1 aromatic rings. The molecule has 0 unspecified atom stereocenters. The minimum absolute atomic E-state index is 0.668. The molecule has 0 aromatic heterocycles. The van der Waals surface area contributed by atoms with Crippen LogP contribution in [0.25, 0.3) is 0 Å². The Bertz CT molecular complexity index is 448. The molecule has 1 aliphatic rings. The number of benzene rings is 1. The molecule has 6 heteroatoms.